The third-order valence-electron chi connectivity index (χ3n) is 3.05. The van der Waals surface area contributed by atoms with Crippen molar-refractivity contribution in [1.29, 1.82) is 0 Å². The maximum Gasteiger partial charge on any atom is 0.324 e. The van der Waals surface area contributed by atoms with Crippen molar-refractivity contribution in [2.45, 2.75) is 19.5 Å². The van der Waals surface area contributed by atoms with Gasteiger partial charge in [0.2, 0.25) is 0 Å². The molecule has 2 heterocycles. The van der Waals surface area contributed by atoms with Crippen LogP contribution in [-0.2, 0) is 16.1 Å². The fourth-order valence-electron chi connectivity index (χ4n) is 2.13. The van der Waals surface area contributed by atoms with Crippen molar-refractivity contribution in [2.24, 2.45) is 0 Å². The summed E-state index contributed by atoms with van der Waals surface area (Å²) >= 11 is 0. The Morgan fingerprint density at radius 1 is 1.56 bits per heavy atom. The van der Waals surface area contributed by atoms with Gasteiger partial charge < -0.3 is 10.1 Å². The first-order valence-corrected chi connectivity index (χ1v) is 6.31. The highest BCUT2D eigenvalue weighted by Crippen LogP contribution is 2.11. The third kappa shape index (κ3) is 3.27. The monoisotopic (exact) mass is 249 g/mol. The maximum atomic E-state index is 11.9. The highest BCUT2D eigenvalue weighted by atomic mass is 16.5. The smallest absolute Gasteiger partial charge is 0.324 e. The Balaban J connectivity index is 2.01. The highest BCUT2D eigenvalue weighted by Gasteiger charge is 2.29. The fourth-order valence-corrected chi connectivity index (χ4v) is 2.13. The number of aromatic nitrogens is 1. The van der Waals surface area contributed by atoms with Gasteiger partial charge in [-0.2, -0.15) is 0 Å². The number of nitrogens with zero attached hydrogens (tertiary/aromatic N) is 2. The second-order valence-corrected chi connectivity index (χ2v) is 4.30. The van der Waals surface area contributed by atoms with E-state index in [2.05, 4.69) is 15.2 Å². The van der Waals surface area contributed by atoms with Gasteiger partial charge in [-0.25, -0.2) is 0 Å². The summed E-state index contributed by atoms with van der Waals surface area (Å²) in [5.74, 6) is -0.140. The molecule has 0 amide bonds. The van der Waals surface area contributed by atoms with Crippen molar-refractivity contribution in [3.8, 4) is 0 Å². The molecular weight excluding hydrogens is 230 g/mol. The summed E-state index contributed by atoms with van der Waals surface area (Å²) in [6.07, 6.45) is 3.55. The molecule has 0 saturated carbocycles. The summed E-state index contributed by atoms with van der Waals surface area (Å²) in [5, 5.41) is 3.24. The second kappa shape index (κ2) is 6.47. The van der Waals surface area contributed by atoms with Crippen LogP contribution in [0.15, 0.2) is 24.5 Å². The van der Waals surface area contributed by atoms with Crippen LogP contribution in [0, 0.1) is 0 Å². The molecule has 1 aliphatic heterocycles. The van der Waals surface area contributed by atoms with E-state index < -0.39 is 0 Å². The van der Waals surface area contributed by atoms with Crippen molar-refractivity contribution in [3.05, 3.63) is 30.1 Å². The van der Waals surface area contributed by atoms with Crippen LogP contribution >= 0.6 is 0 Å². The largest absolute Gasteiger partial charge is 0.465 e. The van der Waals surface area contributed by atoms with E-state index in [0.717, 1.165) is 19.6 Å². The predicted molar refractivity (Wildman–Crippen MR) is 67.9 cm³/mol. The lowest BCUT2D eigenvalue weighted by atomic mass is 10.1. The molecule has 0 radical (unpaired) electrons. The van der Waals surface area contributed by atoms with Crippen LogP contribution < -0.4 is 5.32 Å². The van der Waals surface area contributed by atoms with Crippen LogP contribution in [-0.4, -0.2) is 48.1 Å². The molecule has 98 valence electrons. The van der Waals surface area contributed by atoms with Gasteiger partial charge in [0.1, 0.15) is 6.04 Å². The Morgan fingerprint density at radius 2 is 2.33 bits per heavy atom. The zero-order valence-electron chi connectivity index (χ0n) is 10.6. The van der Waals surface area contributed by atoms with Gasteiger partial charge in [-0.3, -0.25) is 14.7 Å². The van der Waals surface area contributed by atoms with Gasteiger partial charge in [0.25, 0.3) is 0 Å². The number of carbonyl (C=O) groups is 1. The van der Waals surface area contributed by atoms with E-state index in [1.54, 1.807) is 12.4 Å². The number of pyridine rings is 1. The molecule has 0 bridgehead atoms. The molecule has 2 rings (SSSR count). The molecule has 0 aromatic carbocycles. The van der Waals surface area contributed by atoms with E-state index in [-0.39, 0.29) is 12.0 Å². The molecule has 0 spiro atoms. The van der Waals surface area contributed by atoms with Crippen LogP contribution in [0.25, 0.3) is 0 Å². The number of rotatable bonds is 4. The number of hydrogen-bond acceptors (Lipinski definition) is 5. The summed E-state index contributed by atoms with van der Waals surface area (Å²) in [7, 11) is 0. The molecule has 1 aliphatic rings. The fraction of sp³-hybridized carbons (Fsp3) is 0.538. The summed E-state index contributed by atoms with van der Waals surface area (Å²) in [6, 6.07) is 3.76. The molecular formula is C13H19N3O2. The minimum Gasteiger partial charge on any atom is -0.465 e. The van der Waals surface area contributed by atoms with Crippen molar-refractivity contribution in [3.63, 3.8) is 0 Å². The van der Waals surface area contributed by atoms with E-state index >= 15 is 0 Å². The minimum absolute atomic E-state index is 0.140. The minimum atomic E-state index is -0.188. The lowest BCUT2D eigenvalue weighted by Gasteiger charge is -2.34. The first-order valence-electron chi connectivity index (χ1n) is 6.31. The second-order valence-electron chi connectivity index (χ2n) is 4.30. The summed E-state index contributed by atoms with van der Waals surface area (Å²) in [5.41, 5.74) is 1.17. The molecule has 0 aliphatic carbocycles. The molecule has 1 atom stereocenters. The van der Waals surface area contributed by atoms with Gasteiger partial charge in [0, 0.05) is 38.6 Å². The summed E-state index contributed by atoms with van der Waals surface area (Å²) in [4.78, 5) is 18.0. The number of hydrogen-bond donors (Lipinski definition) is 1. The Kier molecular flexibility index (Phi) is 4.66. The number of esters is 1. The number of ether oxygens (including phenoxy) is 1. The quantitative estimate of drug-likeness (QED) is 0.784. The van der Waals surface area contributed by atoms with Crippen LogP contribution in [0.4, 0.5) is 0 Å². The van der Waals surface area contributed by atoms with Crippen LogP contribution in [0.2, 0.25) is 0 Å². The standard InChI is InChI=1S/C13H19N3O2/c1-2-18-13(17)12-9-15-7-8-16(12)10-11-3-5-14-6-4-11/h3-6,12,15H,2,7-10H2,1H3. The molecule has 1 aromatic heterocycles. The van der Waals surface area contributed by atoms with Crippen LogP contribution in [0.1, 0.15) is 12.5 Å². The predicted octanol–water partition coefficient (Wildman–Crippen LogP) is 0.419. The van der Waals surface area contributed by atoms with Crippen molar-refractivity contribution in [1.82, 2.24) is 15.2 Å². The SMILES string of the molecule is CCOC(=O)C1CNCCN1Cc1ccncc1. The first-order chi connectivity index (χ1) is 8.81. The average molecular weight is 249 g/mol. The van der Waals surface area contributed by atoms with Crippen LogP contribution in [0.3, 0.4) is 0 Å². The molecule has 5 nitrogen and oxygen atoms in total. The molecule has 1 saturated heterocycles. The van der Waals surface area contributed by atoms with Crippen molar-refractivity contribution in [2.75, 3.05) is 26.2 Å². The molecule has 1 unspecified atom stereocenters. The van der Waals surface area contributed by atoms with Gasteiger partial charge >= 0.3 is 5.97 Å². The van der Waals surface area contributed by atoms with Crippen molar-refractivity contribution >= 4 is 5.97 Å². The number of piperazine rings is 1. The zero-order valence-corrected chi connectivity index (χ0v) is 10.6. The highest BCUT2D eigenvalue weighted by molar-refractivity contribution is 5.76. The van der Waals surface area contributed by atoms with E-state index in [1.165, 1.54) is 5.56 Å². The Morgan fingerprint density at radius 3 is 3.06 bits per heavy atom. The topological polar surface area (TPSA) is 54.5 Å². The van der Waals surface area contributed by atoms with Gasteiger partial charge in [-0.15, -0.1) is 0 Å². The van der Waals surface area contributed by atoms with Gasteiger partial charge in [-0.1, -0.05) is 0 Å². The summed E-state index contributed by atoms with van der Waals surface area (Å²) in [6.45, 7) is 5.43. The normalized spacial score (nSPS) is 20.6. The van der Waals surface area contributed by atoms with Gasteiger partial charge in [-0.05, 0) is 24.6 Å². The Bertz CT molecular complexity index is 383. The lowest BCUT2D eigenvalue weighted by Crippen LogP contribution is -2.54. The average Bonchev–Trinajstić information content (AvgIpc) is 2.41. The Hall–Kier alpha value is -1.46. The Labute approximate surface area is 107 Å². The lowest BCUT2D eigenvalue weighted by molar-refractivity contribution is -0.150. The molecule has 1 N–H and O–H groups in total. The third-order valence-corrected chi connectivity index (χ3v) is 3.05. The van der Waals surface area contributed by atoms with Crippen molar-refractivity contribution < 1.29 is 9.53 Å². The van der Waals surface area contributed by atoms with Crippen LogP contribution in [0.5, 0.6) is 0 Å². The van der Waals surface area contributed by atoms with E-state index in [0.29, 0.717) is 13.2 Å². The molecule has 1 aromatic rings. The number of carbonyl (C=O) groups excluding carboxylic acids is 1. The molecule has 18 heavy (non-hydrogen) atoms. The van der Waals surface area contributed by atoms with E-state index in [1.807, 2.05) is 19.1 Å². The van der Waals surface area contributed by atoms with E-state index in [9.17, 15) is 4.79 Å². The molecule has 1 fully saturated rings. The first kappa shape index (κ1) is 13.0. The zero-order chi connectivity index (χ0) is 12.8. The van der Waals surface area contributed by atoms with Gasteiger partial charge in [0.05, 0.1) is 6.61 Å². The maximum absolute atomic E-state index is 11.9. The number of nitrogens with one attached hydrogen (secondary N) is 1. The summed E-state index contributed by atoms with van der Waals surface area (Å²) < 4.78 is 5.12. The van der Waals surface area contributed by atoms with E-state index in [4.69, 9.17) is 4.74 Å². The molecule has 5 heteroatoms. The van der Waals surface area contributed by atoms with Gasteiger partial charge in [0.15, 0.2) is 0 Å².